The summed E-state index contributed by atoms with van der Waals surface area (Å²) in [7, 11) is 0. The minimum Gasteiger partial charge on any atom is -0.455 e. The fraction of sp³-hybridized carbons (Fsp3) is 0.650. The molecule has 0 unspecified atom stereocenters. The van der Waals surface area contributed by atoms with Gasteiger partial charge in [-0.25, -0.2) is 4.79 Å². The maximum absolute atomic E-state index is 12.0. The molecule has 5 nitrogen and oxygen atoms in total. The van der Waals surface area contributed by atoms with Crippen LogP contribution in [0.5, 0.6) is 0 Å². The molecule has 2 heterocycles. The van der Waals surface area contributed by atoms with Crippen molar-refractivity contribution in [2.24, 2.45) is 5.92 Å². The standard InChI is InChI=1S/C20H28O5/c1-12-6-4-8-13(2)17(22)18-15(14(3)19(23)24-18)10-16-20(11-21,25-16)9-5-7-12/h7-8,15-18,21-22H,3-6,9-11H2,1-2H3/b12-7+,13-8+/t15-,16+,17-,18-,20+/m1/s1. The highest BCUT2D eigenvalue weighted by atomic mass is 16.6. The Kier molecular flexibility index (Phi) is 5.19. The zero-order valence-corrected chi connectivity index (χ0v) is 15.0. The molecule has 5 heteroatoms. The number of ether oxygens (including phenoxy) is 2. The van der Waals surface area contributed by atoms with Gasteiger partial charge in [0, 0.05) is 11.5 Å². The molecular weight excluding hydrogens is 320 g/mol. The highest BCUT2D eigenvalue weighted by Gasteiger charge is 2.58. The van der Waals surface area contributed by atoms with E-state index in [2.05, 4.69) is 19.6 Å². The Morgan fingerprint density at radius 3 is 2.80 bits per heavy atom. The average Bonchev–Trinajstić information content (AvgIpc) is 3.20. The monoisotopic (exact) mass is 348 g/mol. The summed E-state index contributed by atoms with van der Waals surface area (Å²) in [5.74, 6) is -0.733. The molecule has 25 heavy (non-hydrogen) atoms. The molecule has 5 atom stereocenters. The minimum absolute atomic E-state index is 0.0370. The Morgan fingerprint density at radius 2 is 2.08 bits per heavy atom. The smallest absolute Gasteiger partial charge is 0.334 e. The van der Waals surface area contributed by atoms with Crippen LogP contribution in [-0.4, -0.2) is 46.7 Å². The molecule has 1 aliphatic carbocycles. The Balaban J connectivity index is 1.86. The van der Waals surface area contributed by atoms with Crippen molar-refractivity contribution in [1.29, 1.82) is 0 Å². The molecule has 0 radical (unpaired) electrons. The van der Waals surface area contributed by atoms with E-state index < -0.39 is 23.8 Å². The van der Waals surface area contributed by atoms with Crippen LogP contribution in [0.3, 0.4) is 0 Å². The quantitative estimate of drug-likeness (QED) is 0.329. The van der Waals surface area contributed by atoms with Gasteiger partial charge in [-0.2, -0.15) is 0 Å². The normalized spacial score (nSPS) is 43.7. The Bertz CT molecular complexity index is 620. The van der Waals surface area contributed by atoms with Crippen molar-refractivity contribution in [3.63, 3.8) is 0 Å². The minimum atomic E-state index is -0.845. The zero-order valence-electron chi connectivity index (χ0n) is 15.0. The summed E-state index contributed by atoms with van der Waals surface area (Å²) >= 11 is 0. The molecule has 2 aliphatic heterocycles. The van der Waals surface area contributed by atoms with E-state index >= 15 is 0 Å². The van der Waals surface area contributed by atoms with Gasteiger partial charge in [-0.05, 0) is 51.5 Å². The first kappa shape index (κ1) is 18.4. The summed E-state index contributed by atoms with van der Waals surface area (Å²) in [6.07, 6.45) is 6.51. The fourth-order valence-electron chi connectivity index (χ4n) is 3.95. The van der Waals surface area contributed by atoms with E-state index in [4.69, 9.17) is 9.47 Å². The highest BCUT2D eigenvalue weighted by molar-refractivity contribution is 5.91. The number of epoxide rings is 1. The van der Waals surface area contributed by atoms with Crippen LogP contribution in [0.25, 0.3) is 0 Å². The lowest BCUT2D eigenvalue weighted by atomic mass is 9.84. The van der Waals surface area contributed by atoms with Crippen LogP contribution in [0.4, 0.5) is 0 Å². The molecule has 0 bridgehead atoms. The second-order valence-electron chi connectivity index (χ2n) is 7.59. The molecule has 138 valence electrons. The zero-order chi connectivity index (χ0) is 18.2. The Labute approximate surface area is 149 Å². The number of aliphatic hydroxyl groups excluding tert-OH is 2. The van der Waals surface area contributed by atoms with Crippen molar-refractivity contribution in [2.45, 2.75) is 69.9 Å². The van der Waals surface area contributed by atoms with E-state index in [0.717, 1.165) is 31.3 Å². The first-order valence-electron chi connectivity index (χ1n) is 9.07. The van der Waals surface area contributed by atoms with Crippen LogP contribution < -0.4 is 0 Å². The number of fused-ring (bicyclic) bond motifs is 2. The fourth-order valence-corrected chi connectivity index (χ4v) is 3.95. The van der Waals surface area contributed by atoms with E-state index in [1.807, 2.05) is 13.0 Å². The first-order chi connectivity index (χ1) is 11.9. The first-order valence-corrected chi connectivity index (χ1v) is 9.07. The second kappa shape index (κ2) is 7.06. The molecule has 3 rings (SSSR count). The summed E-state index contributed by atoms with van der Waals surface area (Å²) in [5.41, 5.74) is 1.96. The van der Waals surface area contributed by atoms with Crippen LogP contribution in [0.2, 0.25) is 0 Å². The lowest BCUT2D eigenvalue weighted by Gasteiger charge is -2.24. The van der Waals surface area contributed by atoms with Gasteiger partial charge in [-0.15, -0.1) is 0 Å². The Hall–Kier alpha value is -1.43. The van der Waals surface area contributed by atoms with E-state index in [9.17, 15) is 15.0 Å². The van der Waals surface area contributed by atoms with E-state index in [1.54, 1.807) is 0 Å². The molecule has 0 aromatic carbocycles. The predicted octanol–water partition coefficient (Wildman–Crippen LogP) is 2.43. The number of carbonyl (C=O) groups excluding carboxylic acids is 1. The highest BCUT2D eigenvalue weighted by Crippen LogP contribution is 2.47. The lowest BCUT2D eigenvalue weighted by Crippen LogP contribution is -2.34. The van der Waals surface area contributed by atoms with Gasteiger partial charge in [-0.3, -0.25) is 0 Å². The molecule has 2 fully saturated rings. The third-order valence-electron chi connectivity index (χ3n) is 5.83. The third kappa shape index (κ3) is 3.59. The summed E-state index contributed by atoms with van der Waals surface area (Å²) in [4.78, 5) is 12.0. The van der Waals surface area contributed by atoms with E-state index in [-0.39, 0.29) is 18.6 Å². The van der Waals surface area contributed by atoms with Gasteiger partial charge < -0.3 is 19.7 Å². The number of esters is 1. The molecule has 0 saturated carbocycles. The van der Waals surface area contributed by atoms with Crippen molar-refractivity contribution in [3.05, 3.63) is 35.5 Å². The van der Waals surface area contributed by atoms with Gasteiger partial charge in [0.15, 0.2) is 0 Å². The van der Waals surface area contributed by atoms with Crippen molar-refractivity contribution >= 4 is 5.97 Å². The molecule has 0 aromatic rings. The molecule has 2 N–H and O–H groups in total. The summed E-state index contributed by atoms with van der Waals surface area (Å²) in [6.45, 7) is 7.79. The van der Waals surface area contributed by atoms with Gasteiger partial charge in [0.05, 0.1) is 12.7 Å². The molecular formula is C20H28O5. The predicted molar refractivity (Wildman–Crippen MR) is 93.8 cm³/mol. The molecule has 2 saturated heterocycles. The van der Waals surface area contributed by atoms with Crippen LogP contribution in [-0.2, 0) is 14.3 Å². The number of rotatable bonds is 1. The van der Waals surface area contributed by atoms with E-state index in [1.165, 1.54) is 5.57 Å². The number of hydrogen-bond donors (Lipinski definition) is 2. The SMILES string of the molecule is C=C1C(=O)O[C@@H]2[C@@H]1C[C@@H]1O[C@]1(CO)CC/C=C(\C)CC/C=C(\C)[C@H]2O. The number of allylic oxidation sites excluding steroid dienone is 3. The van der Waals surface area contributed by atoms with Gasteiger partial charge >= 0.3 is 5.97 Å². The van der Waals surface area contributed by atoms with E-state index in [0.29, 0.717) is 12.0 Å². The molecule has 3 aliphatic rings. The maximum Gasteiger partial charge on any atom is 0.334 e. The van der Waals surface area contributed by atoms with Gasteiger partial charge in [0.25, 0.3) is 0 Å². The van der Waals surface area contributed by atoms with Crippen LogP contribution >= 0.6 is 0 Å². The van der Waals surface area contributed by atoms with Crippen LogP contribution in [0.15, 0.2) is 35.5 Å². The third-order valence-corrected chi connectivity index (χ3v) is 5.83. The summed E-state index contributed by atoms with van der Waals surface area (Å²) in [5, 5.41) is 20.5. The van der Waals surface area contributed by atoms with Crippen molar-refractivity contribution in [1.82, 2.24) is 0 Å². The Morgan fingerprint density at radius 1 is 1.32 bits per heavy atom. The van der Waals surface area contributed by atoms with Crippen molar-refractivity contribution in [3.8, 4) is 0 Å². The number of aliphatic hydroxyl groups is 2. The summed E-state index contributed by atoms with van der Waals surface area (Å²) in [6, 6.07) is 0. The molecule has 0 aromatic heterocycles. The molecule has 0 amide bonds. The average molecular weight is 348 g/mol. The topological polar surface area (TPSA) is 79.3 Å². The van der Waals surface area contributed by atoms with Crippen molar-refractivity contribution in [2.75, 3.05) is 6.61 Å². The largest absolute Gasteiger partial charge is 0.455 e. The number of hydrogen-bond acceptors (Lipinski definition) is 5. The van der Waals surface area contributed by atoms with Gasteiger partial charge in [-0.1, -0.05) is 24.3 Å². The lowest BCUT2D eigenvalue weighted by molar-refractivity contribution is -0.142. The van der Waals surface area contributed by atoms with Crippen LogP contribution in [0.1, 0.15) is 46.0 Å². The summed E-state index contributed by atoms with van der Waals surface area (Å²) < 4.78 is 11.3. The maximum atomic E-state index is 12.0. The molecule has 0 spiro atoms. The van der Waals surface area contributed by atoms with Gasteiger partial charge in [0.2, 0.25) is 0 Å². The van der Waals surface area contributed by atoms with Gasteiger partial charge in [0.1, 0.15) is 17.8 Å². The van der Waals surface area contributed by atoms with Crippen LogP contribution in [0, 0.1) is 5.92 Å². The second-order valence-corrected chi connectivity index (χ2v) is 7.59. The number of carbonyl (C=O) groups is 1. The van der Waals surface area contributed by atoms with Crippen molar-refractivity contribution < 1.29 is 24.5 Å².